The van der Waals surface area contributed by atoms with Crippen molar-refractivity contribution in [3.63, 3.8) is 0 Å². The first-order valence-electron chi connectivity index (χ1n) is 7.44. The average Bonchev–Trinajstić information content (AvgIpc) is 2.46. The topological polar surface area (TPSA) is 23.5 Å². The van der Waals surface area contributed by atoms with Gasteiger partial charge in [0.05, 0.1) is 12.2 Å². The summed E-state index contributed by atoms with van der Waals surface area (Å²) in [5, 5.41) is 9.06. The van der Waals surface area contributed by atoms with Crippen molar-refractivity contribution in [2.75, 3.05) is 18.5 Å². The van der Waals surface area contributed by atoms with E-state index in [1.807, 2.05) is 11.9 Å². The number of hydrogen-bond donors (Lipinski definition) is 1. The highest BCUT2D eigenvalue weighted by molar-refractivity contribution is 5.51. The second-order valence-electron chi connectivity index (χ2n) is 5.88. The van der Waals surface area contributed by atoms with Gasteiger partial charge in [0.25, 0.3) is 0 Å². The Kier molecular flexibility index (Phi) is 5.14. The van der Waals surface area contributed by atoms with Gasteiger partial charge in [-0.25, -0.2) is 0 Å². The standard InChI is InChI=1S/C16H22F3NO/c1-20(10-12-5-3-2-4-6-12)14-8-7-13(11-21)15(9-14)16(17,18)19/h7-9,12,21H,2-6,10-11H2,1H3. The Bertz CT molecular complexity index is 467. The second-order valence-corrected chi connectivity index (χ2v) is 5.88. The Morgan fingerprint density at radius 3 is 2.43 bits per heavy atom. The molecular weight excluding hydrogens is 279 g/mol. The molecule has 0 aromatic heterocycles. The maximum absolute atomic E-state index is 13.0. The molecule has 1 aromatic carbocycles. The van der Waals surface area contributed by atoms with Crippen LogP contribution in [-0.2, 0) is 12.8 Å². The predicted octanol–water partition coefficient (Wildman–Crippen LogP) is 4.21. The van der Waals surface area contributed by atoms with Crippen molar-refractivity contribution in [1.29, 1.82) is 0 Å². The molecule has 0 aliphatic heterocycles. The van der Waals surface area contributed by atoms with Crippen molar-refractivity contribution < 1.29 is 18.3 Å². The average molecular weight is 301 g/mol. The summed E-state index contributed by atoms with van der Waals surface area (Å²) in [7, 11) is 1.84. The van der Waals surface area contributed by atoms with E-state index in [0.717, 1.165) is 25.5 Å². The van der Waals surface area contributed by atoms with E-state index >= 15 is 0 Å². The van der Waals surface area contributed by atoms with Crippen LogP contribution in [0.1, 0.15) is 43.2 Å². The quantitative estimate of drug-likeness (QED) is 0.900. The lowest BCUT2D eigenvalue weighted by Gasteiger charge is -2.29. The molecule has 1 aliphatic rings. The minimum Gasteiger partial charge on any atom is -0.392 e. The highest BCUT2D eigenvalue weighted by atomic mass is 19.4. The highest BCUT2D eigenvalue weighted by Gasteiger charge is 2.33. The summed E-state index contributed by atoms with van der Waals surface area (Å²) in [4.78, 5) is 1.90. The third-order valence-corrected chi connectivity index (χ3v) is 4.27. The molecule has 1 aliphatic carbocycles. The molecule has 0 amide bonds. The van der Waals surface area contributed by atoms with Crippen LogP contribution in [0.3, 0.4) is 0 Å². The summed E-state index contributed by atoms with van der Waals surface area (Å²) in [5.74, 6) is 0.565. The fraction of sp³-hybridized carbons (Fsp3) is 0.625. The van der Waals surface area contributed by atoms with Gasteiger partial charge in [-0.2, -0.15) is 13.2 Å². The molecule has 2 rings (SSSR count). The molecule has 1 fully saturated rings. The number of halogens is 3. The summed E-state index contributed by atoms with van der Waals surface area (Å²) >= 11 is 0. The highest BCUT2D eigenvalue weighted by Crippen LogP contribution is 2.35. The molecule has 2 nitrogen and oxygen atoms in total. The minimum absolute atomic E-state index is 0.0719. The number of anilines is 1. The molecule has 1 saturated carbocycles. The molecular formula is C16H22F3NO. The van der Waals surface area contributed by atoms with E-state index in [1.165, 1.54) is 25.3 Å². The maximum Gasteiger partial charge on any atom is 0.416 e. The van der Waals surface area contributed by atoms with Crippen molar-refractivity contribution in [3.05, 3.63) is 29.3 Å². The molecule has 0 spiro atoms. The Morgan fingerprint density at radius 1 is 1.19 bits per heavy atom. The molecule has 0 heterocycles. The lowest BCUT2D eigenvalue weighted by molar-refractivity contribution is -0.138. The van der Waals surface area contributed by atoms with Gasteiger partial charge in [-0.05, 0) is 36.5 Å². The van der Waals surface area contributed by atoms with Gasteiger partial charge in [-0.3, -0.25) is 0 Å². The zero-order valence-electron chi connectivity index (χ0n) is 12.3. The van der Waals surface area contributed by atoms with E-state index in [2.05, 4.69) is 0 Å². The van der Waals surface area contributed by atoms with Crippen LogP contribution in [-0.4, -0.2) is 18.7 Å². The Hall–Kier alpha value is -1.23. The second kappa shape index (κ2) is 6.69. The molecule has 0 saturated heterocycles. The first-order valence-corrected chi connectivity index (χ1v) is 7.44. The molecule has 0 bridgehead atoms. The van der Waals surface area contributed by atoms with Gasteiger partial charge in [0, 0.05) is 19.3 Å². The van der Waals surface area contributed by atoms with Crippen LogP contribution in [0, 0.1) is 5.92 Å². The van der Waals surface area contributed by atoms with Gasteiger partial charge in [0.15, 0.2) is 0 Å². The smallest absolute Gasteiger partial charge is 0.392 e. The van der Waals surface area contributed by atoms with E-state index in [4.69, 9.17) is 5.11 Å². The molecule has 1 aromatic rings. The van der Waals surface area contributed by atoms with Crippen LogP contribution in [0.25, 0.3) is 0 Å². The lowest BCUT2D eigenvalue weighted by atomic mass is 9.89. The molecule has 1 N–H and O–H groups in total. The molecule has 0 atom stereocenters. The monoisotopic (exact) mass is 301 g/mol. The SMILES string of the molecule is CN(CC1CCCCC1)c1ccc(CO)c(C(F)(F)F)c1. The van der Waals surface area contributed by atoms with Crippen LogP contribution in [0.2, 0.25) is 0 Å². The number of aliphatic hydroxyl groups is 1. The largest absolute Gasteiger partial charge is 0.416 e. The fourth-order valence-corrected chi connectivity index (χ4v) is 3.07. The van der Waals surface area contributed by atoms with E-state index in [-0.39, 0.29) is 5.56 Å². The van der Waals surface area contributed by atoms with Gasteiger partial charge in [-0.15, -0.1) is 0 Å². The Balaban J connectivity index is 2.15. The van der Waals surface area contributed by atoms with Crippen LogP contribution in [0.15, 0.2) is 18.2 Å². The van der Waals surface area contributed by atoms with Crippen LogP contribution in [0.5, 0.6) is 0 Å². The Labute approximate surface area is 123 Å². The first kappa shape index (κ1) is 16.1. The number of hydrogen-bond acceptors (Lipinski definition) is 2. The zero-order valence-corrected chi connectivity index (χ0v) is 12.3. The summed E-state index contributed by atoms with van der Waals surface area (Å²) < 4.78 is 39.0. The van der Waals surface area contributed by atoms with E-state index in [9.17, 15) is 13.2 Å². The predicted molar refractivity (Wildman–Crippen MR) is 77.2 cm³/mol. The number of benzene rings is 1. The van der Waals surface area contributed by atoms with Crippen molar-refractivity contribution in [1.82, 2.24) is 0 Å². The van der Waals surface area contributed by atoms with Gasteiger partial charge in [0.2, 0.25) is 0 Å². The summed E-state index contributed by atoms with van der Waals surface area (Å²) in [6, 6.07) is 4.17. The van der Waals surface area contributed by atoms with Crippen LogP contribution < -0.4 is 4.90 Å². The third kappa shape index (κ3) is 4.13. The fourth-order valence-electron chi connectivity index (χ4n) is 3.07. The number of alkyl halides is 3. The molecule has 0 unspecified atom stereocenters. The summed E-state index contributed by atoms with van der Waals surface area (Å²) in [6.45, 7) is 0.192. The van der Waals surface area contributed by atoms with Gasteiger partial charge >= 0.3 is 6.18 Å². The molecule has 118 valence electrons. The molecule has 21 heavy (non-hydrogen) atoms. The van der Waals surface area contributed by atoms with Crippen molar-refractivity contribution in [2.24, 2.45) is 5.92 Å². The van der Waals surface area contributed by atoms with E-state index in [0.29, 0.717) is 11.6 Å². The van der Waals surface area contributed by atoms with Gasteiger partial charge in [-0.1, -0.05) is 25.3 Å². The number of aliphatic hydroxyl groups excluding tert-OH is 1. The van der Waals surface area contributed by atoms with Crippen LogP contribution >= 0.6 is 0 Å². The Morgan fingerprint density at radius 2 is 1.86 bits per heavy atom. The number of rotatable bonds is 4. The summed E-state index contributed by atoms with van der Waals surface area (Å²) in [5.41, 5.74) is -0.250. The van der Waals surface area contributed by atoms with Crippen LogP contribution in [0.4, 0.5) is 18.9 Å². The van der Waals surface area contributed by atoms with Crippen molar-refractivity contribution >= 4 is 5.69 Å². The van der Waals surface area contributed by atoms with Crippen molar-refractivity contribution in [3.8, 4) is 0 Å². The zero-order chi connectivity index (χ0) is 15.5. The lowest BCUT2D eigenvalue weighted by Crippen LogP contribution is -2.27. The number of nitrogens with zero attached hydrogens (tertiary/aromatic N) is 1. The van der Waals surface area contributed by atoms with E-state index < -0.39 is 18.3 Å². The van der Waals surface area contributed by atoms with Crippen molar-refractivity contribution in [2.45, 2.75) is 44.9 Å². The third-order valence-electron chi connectivity index (χ3n) is 4.27. The van der Waals surface area contributed by atoms with Gasteiger partial charge in [0.1, 0.15) is 0 Å². The first-order chi connectivity index (χ1) is 9.91. The molecule has 5 heteroatoms. The normalized spacial score (nSPS) is 17.0. The maximum atomic E-state index is 13.0. The van der Waals surface area contributed by atoms with Gasteiger partial charge < -0.3 is 10.0 Å². The molecule has 0 radical (unpaired) electrons. The summed E-state index contributed by atoms with van der Waals surface area (Å²) in [6.07, 6.45) is 1.59. The minimum atomic E-state index is -4.43. The van der Waals surface area contributed by atoms with E-state index in [1.54, 1.807) is 6.07 Å².